The molecule has 0 unspecified atom stereocenters. The van der Waals surface area contributed by atoms with Gasteiger partial charge in [0.1, 0.15) is 23.9 Å². The van der Waals surface area contributed by atoms with Crippen LogP contribution in [0.1, 0.15) is 11.3 Å². The largest absolute Gasteiger partial charge is 0.419 e. The van der Waals surface area contributed by atoms with Gasteiger partial charge in [0.15, 0.2) is 5.69 Å². The van der Waals surface area contributed by atoms with Crippen LogP contribution in [0.25, 0.3) is 0 Å². The summed E-state index contributed by atoms with van der Waals surface area (Å²) in [6.07, 6.45) is -1.78. The fourth-order valence-corrected chi connectivity index (χ4v) is 2.56. The van der Waals surface area contributed by atoms with Crippen LogP contribution in [-0.2, 0) is 10.9 Å². The fraction of sp³-hybridized carbons (Fsp3) is 0.375. The third-order valence-electron chi connectivity index (χ3n) is 3.93. The molecule has 27 heavy (non-hydrogen) atoms. The van der Waals surface area contributed by atoms with Gasteiger partial charge in [-0.15, -0.1) is 0 Å². The maximum Gasteiger partial charge on any atom is 0.419 e. The van der Waals surface area contributed by atoms with Crippen molar-refractivity contribution >= 4 is 17.3 Å². The van der Waals surface area contributed by atoms with Crippen LogP contribution in [0, 0.1) is 11.3 Å². The van der Waals surface area contributed by atoms with E-state index in [0.717, 1.165) is 6.20 Å². The van der Waals surface area contributed by atoms with Gasteiger partial charge in [0.05, 0.1) is 30.3 Å². The predicted octanol–water partition coefficient (Wildman–Crippen LogP) is 1.89. The molecule has 0 radical (unpaired) electrons. The van der Waals surface area contributed by atoms with Crippen molar-refractivity contribution in [1.82, 2.24) is 20.3 Å². The summed E-state index contributed by atoms with van der Waals surface area (Å²) in [7, 11) is 1.54. The molecule has 3 rings (SSSR count). The normalized spacial score (nSPS) is 17.2. The summed E-state index contributed by atoms with van der Waals surface area (Å²) in [5.74, 6) is 0.415. The minimum Gasteiger partial charge on any atom is -0.356 e. The van der Waals surface area contributed by atoms with Crippen LogP contribution >= 0.6 is 0 Å². The Balaban J connectivity index is 1.91. The van der Waals surface area contributed by atoms with Crippen molar-refractivity contribution in [2.75, 3.05) is 37.0 Å². The van der Waals surface area contributed by atoms with Gasteiger partial charge in [0.2, 0.25) is 0 Å². The lowest BCUT2D eigenvalue weighted by molar-refractivity contribution is -0.137. The first-order valence-electron chi connectivity index (χ1n) is 8.00. The Morgan fingerprint density at radius 3 is 2.63 bits per heavy atom. The quantitative estimate of drug-likeness (QED) is 0.831. The van der Waals surface area contributed by atoms with Gasteiger partial charge in [-0.2, -0.15) is 18.4 Å². The van der Waals surface area contributed by atoms with Gasteiger partial charge >= 0.3 is 6.18 Å². The SMILES string of the molecule is CN(c1cc(Nc2cnc(C#N)cn2)ncc1C(F)(F)F)[C@@H]1CNCCO1. The molecule has 0 amide bonds. The first-order chi connectivity index (χ1) is 12.9. The number of nitrogens with one attached hydrogen (secondary N) is 2. The number of pyridine rings is 1. The second-order valence-corrected chi connectivity index (χ2v) is 5.75. The number of nitrogens with zero attached hydrogens (tertiary/aromatic N) is 5. The van der Waals surface area contributed by atoms with Crippen LogP contribution < -0.4 is 15.5 Å². The topological polar surface area (TPSA) is 99.0 Å². The Kier molecular flexibility index (Phi) is 5.38. The van der Waals surface area contributed by atoms with Gasteiger partial charge in [-0.05, 0) is 0 Å². The lowest BCUT2D eigenvalue weighted by Crippen LogP contribution is -2.48. The maximum atomic E-state index is 13.4. The average Bonchev–Trinajstić information content (AvgIpc) is 2.68. The van der Waals surface area contributed by atoms with Crippen LogP contribution in [0.2, 0.25) is 0 Å². The molecule has 2 aromatic heterocycles. The molecular formula is C16H16F3N7O. The van der Waals surface area contributed by atoms with Gasteiger partial charge in [-0.3, -0.25) is 0 Å². The Morgan fingerprint density at radius 1 is 1.26 bits per heavy atom. The van der Waals surface area contributed by atoms with E-state index in [1.807, 2.05) is 6.07 Å². The summed E-state index contributed by atoms with van der Waals surface area (Å²) >= 11 is 0. The van der Waals surface area contributed by atoms with E-state index in [0.29, 0.717) is 19.7 Å². The summed E-state index contributed by atoms with van der Waals surface area (Å²) in [5, 5.41) is 14.6. The zero-order valence-corrected chi connectivity index (χ0v) is 14.3. The molecule has 0 aliphatic carbocycles. The summed E-state index contributed by atoms with van der Waals surface area (Å²) < 4.78 is 45.8. The van der Waals surface area contributed by atoms with Crippen molar-refractivity contribution in [3.8, 4) is 6.07 Å². The molecular weight excluding hydrogens is 363 g/mol. The van der Waals surface area contributed by atoms with Crippen LogP contribution in [0.15, 0.2) is 24.7 Å². The predicted molar refractivity (Wildman–Crippen MR) is 90.3 cm³/mol. The Bertz CT molecular complexity index is 829. The molecule has 0 saturated carbocycles. The number of rotatable bonds is 4. The number of ether oxygens (including phenoxy) is 1. The highest BCUT2D eigenvalue weighted by Gasteiger charge is 2.36. The summed E-state index contributed by atoms with van der Waals surface area (Å²) in [4.78, 5) is 13.1. The first-order valence-corrected chi connectivity index (χ1v) is 8.00. The molecule has 0 bridgehead atoms. The van der Waals surface area contributed by atoms with Crippen molar-refractivity contribution in [2.24, 2.45) is 0 Å². The third kappa shape index (κ3) is 4.42. The van der Waals surface area contributed by atoms with E-state index < -0.39 is 18.0 Å². The molecule has 2 N–H and O–H groups in total. The van der Waals surface area contributed by atoms with E-state index >= 15 is 0 Å². The van der Waals surface area contributed by atoms with Crippen molar-refractivity contribution in [2.45, 2.75) is 12.4 Å². The summed E-state index contributed by atoms with van der Waals surface area (Å²) in [5.41, 5.74) is -0.811. The summed E-state index contributed by atoms with van der Waals surface area (Å²) in [6, 6.07) is 3.11. The van der Waals surface area contributed by atoms with Crippen LogP contribution in [0.4, 0.5) is 30.5 Å². The number of anilines is 3. The maximum absolute atomic E-state index is 13.4. The van der Waals surface area contributed by atoms with Crippen molar-refractivity contribution in [3.05, 3.63) is 35.9 Å². The molecule has 0 aromatic carbocycles. The van der Waals surface area contributed by atoms with Gasteiger partial charge in [-0.25, -0.2) is 15.0 Å². The van der Waals surface area contributed by atoms with Gasteiger partial charge < -0.3 is 20.3 Å². The number of hydrogen-bond acceptors (Lipinski definition) is 8. The van der Waals surface area contributed by atoms with E-state index in [4.69, 9.17) is 10.00 Å². The van der Waals surface area contributed by atoms with Crippen molar-refractivity contribution in [1.29, 1.82) is 5.26 Å². The number of alkyl halides is 3. The molecule has 1 aliphatic rings. The minimum absolute atomic E-state index is 0.0738. The number of likely N-dealkylation sites (N-methyl/N-ethyl adjacent to an activating group) is 1. The first kappa shape index (κ1) is 18.8. The fourth-order valence-electron chi connectivity index (χ4n) is 2.56. The van der Waals surface area contributed by atoms with Crippen LogP contribution in [0.3, 0.4) is 0 Å². The molecule has 1 aliphatic heterocycles. The molecule has 8 nitrogen and oxygen atoms in total. The molecule has 3 heterocycles. The van der Waals surface area contributed by atoms with Crippen LogP contribution in [0.5, 0.6) is 0 Å². The van der Waals surface area contributed by atoms with Gasteiger partial charge in [0, 0.05) is 32.4 Å². The smallest absolute Gasteiger partial charge is 0.356 e. The number of morpholine rings is 1. The Hall–Kier alpha value is -2.97. The second-order valence-electron chi connectivity index (χ2n) is 5.75. The van der Waals surface area contributed by atoms with Crippen LogP contribution in [-0.4, -0.2) is 47.9 Å². The number of halogens is 3. The van der Waals surface area contributed by atoms with E-state index in [1.54, 1.807) is 0 Å². The van der Waals surface area contributed by atoms with Gasteiger partial charge in [0.25, 0.3) is 0 Å². The van der Waals surface area contributed by atoms with Crippen molar-refractivity contribution < 1.29 is 17.9 Å². The molecule has 2 aromatic rings. The van der Waals surface area contributed by atoms with E-state index in [-0.39, 0.29) is 23.0 Å². The lowest BCUT2D eigenvalue weighted by atomic mass is 10.2. The Labute approximate surface area is 153 Å². The zero-order valence-electron chi connectivity index (χ0n) is 14.3. The second kappa shape index (κ2) is 7.73. The number of hydrogen-bond donors (Lipinski definition) is 2. The highest BCUT2D eigenvalue weighted by Crippen LogP contribution is 2.37. The lowest BCUT2D eigenvalue weighted by Gasteiger charge is -2.34. The molecule has 1 fully saturated rings. The monoisotopic (exact) mass is 379 g/mol. The Morgan fingerprint density at radius 2 is 2.04 bits per heavy atom. The molecule has 1 atom stereocenters. The zero-order chi connectivity index (χ0) is 19.4. The number of nitriles is 1. The minimum atomic E-state index is -4.56. The van der Waals surface area contributed by atoms with E-state index in [2.05, 4.69) is 25.6 Å². The molecule has 0 spiro atoms. The van der Waals surface area contributed by atoms with Gasteiger partial charge in [-0.1, -0.05) is 0 Å². The van der Waals surface area contributed by atoms with E-state index in [1.165, 1.54) is 30.4 Å². The van der Waals surface area contributed by atoms with E-state index in [9.17, 15) is 13.2 Å². The molecule has 1 saturated heterocycles. The highest BCUT2D eigenvalue weighted by atomic mass is 19.4. The highest BCUT2D eigenvalue weighted by molar-refractivity contribution is 5.63. The average molecular weight is 379 g/mol. The standard InChI is InChI=1S/C16H16F3N7O/c1-26(15-9-21-2-3-27-15)12-4-13(24-7-11(12)16(17,18)19)25-14-8-22-10(5-20)6-23-14/h4,6-8,15,21H,2-3,9H2,1H3,(H,23,24,25)/t15-/m0/s1. The van der Waals surface area contributed by atoms with Crippen molar-refractivity contribution in [3.63, 3.8) is 0 Å². The number of aromatic nitrogens is 3. The molecule has 142 valence electrons. The summed E-state index contributed by atoms with van der Waals surface area (Å²) in [6.45, 7) is 1.46. The third-order valence-corrected chi connectivity index (χ3v) is 3.93. The molecule has 11 heteroatoms.